The largest absolute Gasteiger partial charge is 0.573 e. The molecule has 182 valence electrons. The van der Waals surface area contributed by atoms with Crippen LogP contribution in [-0.4, -0.2) is 45.3 Å². The highest BCUT2D eigenvalue weighted by Gasteiger charge is 2.31. The second kappa shape index (κ2) is 10.7. The van der Waals surface area contributed by atoms with Crippen molar-refractivity contribution in [1.82, 2.24) is 19.9 Å². The Morgan fingerprint density at radius 3 is 2.68 bits per heavy atom. The number of alkyl halides is 4. The standard InChI is InChI=1S/C22H22ClF3N4O4/c1-13(2)28-18(31)12-30-20(14-5-3-6-15(9-14)34-22(24,25)26)29-19-17(21(30)32)10-16(11-27-19)33-8-4-7-23/h3,5-6,9-11,13H,4,7-8,12H2,1-2H3,(H,28,31). The minimum atomic E-state index is -4.90. The van der Waals surface area contributed by atoms with E-state index < -0.39 is 30.1 Å². The van der Waals surface area contributed by atoms with Crippen LogP contribution in [0.4, 0.5) is 13.2 Å². The fraction of sp³-hybridized carbons (Fsp3) is 0.364. The molecule has 3 aromatic rings. The SMILES string of the molecule is CC(C)NC(=O)Cn1c(-c2cccc(OC(F)(F)F)c2)nc2ncc(OCCCCl)cc2c1=O. The van der Waals surface area contributed by atoms with E-state index in [2.05, 4.69) is 20.0 Å². The van der Waals surface area contributed by atoms with Crippen molar-refractivity contribution < 1.29 is 27.4 Å². The van der Waals surface area contributed by atoms with Gasteiger partial charge < -0.3 is 14.8 Å². The lowest BCUT2D eigenvalue weighted by Crippen LogP contribution is -2.37. The van der Waals surface area contributed by atoms with E-state index in [9.17, 15) is 22.8 Å². The molecule has 0 unspecified atom stereocenters. The Labute approximate surface area is 197 Å². The molecule has 0 atom stereocenters. The van der Waals surface area contributed by atoms with Gasteiger partial charge in [-0.05, 0) is 38.5 Å². The van der Waals surface area contributed by atoms with E-state index in [1.807, 2.05) is 0 Å². The smallest absolute Gasteiger partial charge is 0.492 e. The zero-order valence-electron chi connectivity index (χ0n) is 18.4. The van der Waals surface area contributed by atoms with E-state index in [4.69, 9.17) is 16.3 Å². The highest BCUT2D eigenvalue weighted by atomic mass is 35.5. The number of rotatable bonds is 9. The molecular formula is C22H22ClF3N4O4. The third-order valence-electron chi connectivity index (χ3n) is 4.41. The van der Waals surface area contributed by atoms with Crippen molar-refractivity contribution in [2.24, 2.45) is 0 Å². The summed E-state index contributed by atoms with van der Waals surface area (Å²) in [6.45, 7) is 3.43. The summed E-state index contributed by atoms with van der Waals surface area (Å²) in [5.74, 6) is -0.269. The first-order valence-electron chi connectivity index (χ1n) is 10.3. The summed E-state index contributed by atoms with van der Waals surface area (Å²) in [5.41, 5.74) is -0.411. The first-order chi connectivity index (χ1) is 16.1. The fourth-order valence-corrected chi connectivity index (χ4v) is 3.23. The van der Waals surface area contributed by atoms with Gasteiger partial charge in [0.05, 0.1) is 18.2 Å². The van der Waals surface area contributed by atoms with Gasteiger partial charge in [-0.2, -0.15) is 0 Å². The first-order valence-corrected chi connectivity index (χ1v) is 10.9. The van der Waals surface area contributed by atoms with Crippen LogP contribution in [0.5, 0.6) is 11.5 Å². The van der Waals surface area contributed by atoms with Crippen LogP contribution >= 0.6 is 11.6 Å². The predicted molar refractivity (Wildman–Crippen MR) is 120 cm³/mol. The molecule has 2 heterocycles. The van der Waals surface area contributed by atoms with Crippen LogP contribution in [0, 0.1) is 0 Å². The fourth-order valence-electron chi connectivity index (χ4n) is 3.12. The lowest BCUT2D eigenvalue weighted by Gasteiger charge is -2.16. The van der Waals surface area contributed by atoms with E-state index in [0.29, 0.717) is 24.7 Å². The molecule has 3 rings (SSSR count). The second-order valence-electron chi connectivity index (χ2n) is 7.56. The quantitative estimate of drug-likeness (QED) is 0.355. The van der Waals surface area contributed by atoms with E-state index in [-0.39, 0.29) is 28.5 Å². The molecule has 0 radical (unpaired) electrons. The van der Waals surface area contributed by atoms with Crippen LogP contribution in [0.15, 0.2) is 41.3 Å². The van der Waals surface area contributed by atoms with E-state index in [1.165, 1.54) is 24.4 Å². The van der Waals surface area contributed by atoms with Gasteiger partial charge in [0, 0.05) is 17.5 Å². The number of fused-ring (bicyclic) bond motifs is 1. The summed E-state index contributed by atoms with van der Waals surface area (Å²) in [4.78, 5) is 34.4. The Morgan fingerprint density at radius 1 is 1.24 bits per heavy atom. The maximum atomic E-state index is 13.4. The molecule has 0 fully saturated rings. The van der Waals surface area contributed by atoms with Crippen molar-refractivity contribution in [3.8, 4) is 22.9 Å². The number of ether oxygens (including phenoxy) is 2. The van der Waals surface area contributed by atoms with Gasteiger partial charge in [0.25, 0.3) is 5.56 Å². The number of hydrogen-bond donors (Lipinski definition) is 1. The zero-order chi connectivity index (χ0) is 24.9. The predicted octanol–water partition coefficient (Wildman–Crippen LogP) is 3.89. The van der Waals surface area contributed by atoms with Gasteiger partial charge in [0.1, 0.15) is 23.9 Å². The number of benzene rings is 1. The van der Waals surface area contributed by atoms with Gasteiger partial charge in [-0.3, -0.25) is 14.2 Å². The maximum Gasteiger partial charge on any atom is 0.573 e. The second-order valence-corrected chi connectivity index (χ2v) is 7.94. The number of halogens is 4. The Hall–Kier alpha value is -3.34. The van der Waals surface area contributed by atoms with E-state index in [0.717, 1.165) is 16.7 Å². The number of nitrogens with one attached hydrogen (secondary N) is 1. The van der Waals surface area contributed by atoms with Crippen molar-refractivity contribution >= 4 is 28.5 Å². The van der Waals surface area contributed by atoms with Crippen LogP contribution in [0.25, 0.3) is 22.4 Å². The van der Waals surface area contributed by atoms with Crippen LogP contribution < -0.4 is 20.3 Å². The molecule has 0 bridgehead atoms. The van der Waals surface area contributed by atoms with E-state index in [1.54, 1.807) is 13.8 Å². The van der Waals surface area contributed by atoms with Gasteiger partial charge in [0.15, 0.2) is 5.65 Å². The van der Waals surface area contributed by atoms with Crippen LogP contribution in [0.3, 0.4) is 0 Å². The number of nitrogens with zero attached hydrogens (tertiary/aromatic N) is 3. The average Bonchev–Trinajstić information content (AvgIpc) is 2.74. The van der Waals surface area contributed by atoms with Crippen molar-refractivity contribution in [2.45, 2.75) is 39.2 Å². The Bertz CT molecular complexity index is 1230. The molecule has 0 aliphatic heterocycles. The first kappa shape index (κ1) is 25.3. The molecule has 12 heteroatoms. The zero-order valence-corrected chi connectivity index (χ0v) is 19.1. The minimum Gasteiger partial charge on any atom is -0.492 e. The van der Waals surface area contributed by atoms with Gasteiger partial charge in [0.2, 0.25) is 5.91 Å². The number of amides is 1. The van der Waals surface area contributed by atoms with E-state index >= 15 is 0 Å². The van der Waals surface area contributed by atoms with Crippen molar-refractivity contribution in [2.75, 3.05) is 12.5 Å². The number of hydrogen-bond acceptors (Lipinski definition) is 6. The molecular weight excluding hydrogens is 477 g/mol. The number of aromatic nitrogens is 3. The molecule has 1 amide bonds. The maximum absolute atomic E-state index is 13.4. The summed E-state index contributed by atoms with van der Waals surface area (Å²) in [7, 11) is 0. The third kappa shape index (κ3) is 6.60. The summed E-state index contributed by atoms with van der Waals surface area (Å²) in [6, 6.07) is 6.25. The minimum absolute atomic E-state index is 0.0349. The normalized spacial score (nSPS) is 11.6. The summed E-state index contributed by atoms with van der Waals surface area (Å²) in [6.07, 6.45) is -2.92. The molecule has 0 aliphatic rings. The molecule has 34 heavy (non-hydrogen) atoms. The lowest BCUT2D eigenvalue weighted by molar-refractivity contribution is -0.274. The molecule has 1 N–H and O–H groups in total. The van der Waals surface area contributed by atoms with Crippen LogP contribution in [0.2, 0.25) is 0 Å². The van der Waals surface area contributed by atoms with Crippen molar-refractivity contribution in [3.63, 3.8) is 0 Å². The summed E-state index contributed by atoms with van der Waals surface area (Å²) in [5, 5.41) is 2.77. The molecule has 0 aliphatic carbocycles. The molecule has 0 saturated heterocycles. The number of carbonyl (C=O) groups is 1. The number of carbonyl (C=O) groups excluding carboxylic acids is 1. The third-order valence-corrected chi connectivity index (χ3v) is 4.68. The van der Waals surface area contributed by atoms with Gasteiger partial charge in [-0.15, -0.1) is 24.8 Å². The lowest BCUT2D eigenvalue weighted by atomic mass is 10.2. The molecule has 2 aromatic heterocycles. The van der Waals surface area contributed by atoms with Crippen LogP contribution in [0.1, 0.15) is 20.3 Å². The van der Waals surface area contributed by atoms with Gasteiger partial charge in [-0.1, -0.05) is 12.1 Å². The monoisotopic (exact) mass is 498 g/mol. The summed E-state index contributed by atoms with van der Waals surface area (Å²) >= 11 is 5.65. The summed E-state index contributed by atoms with van der Waals surface area (Å²) < 4.78 is 48.7. The Kier molecular flexibility index (Phi) is 7.98. The van der Waals surface area contributed by atoms with Crippen LogP contribution in [-0.2, 0) is 11.3 Å². The molecule has 0 saturated carbocycles. The average molecular weight is 499 g/mol. The number of pyridine rings is 1. The highest BCUT2D eigenvalue weighted by molar-refractivity contribution is 6.17. The van der Waals surface area contributed by atoms with Gasteiger partial charge in [-0.25, -0.2) is 9.97 Å². The highest BCUT2D eigenvalue weighted by Crippen LogP contribution is 2.28. The molecule has 0 spiro atoms. The molecule has 8 nitrogen and oxygen atoms in total. The van der Waals surface area contributed by atoms with Crippen molar-refractivity contribution in [3.05, 3.63) is 46.9 Å². The Morgan fingerprint density at radius 2 is 2.00 bits per heavy atom. The van der Waals surface area contributed by atoms with Gasteiger partial charge >= 0.3 is 6.36 Å². The topological polar surface area (TPSA) is 95.3 Å². The van der Waals surface area contributed by atoms with Crippen molar-refractivity contribution in [1.29, 1.82) is 0 Å². The Balaban J connectivity index is 2.13. The molecule has 1 aromatic carbocycles.